The lowest BCUT2D eigenvalue weighted by Gasteiger charge is -2.11. The van der Waals surface area contributed by atoms with E-state index in [1.165, 1.54) is 6.08 Å². The van der Waals surface area contributed by atoms with E-state index in [9.17, 15) is 9.90 Å². The number of hydrogen-bond donors (Lipinski definition) is 1. The zero-order chi connectivity index (χ0) is 15.8. The molecule has 0 aliphatic heterocycles. The number of benzene rings is 2. The Morgan fingerprint density at radius 1 is 1.18 bits per heavy atom. The molecule has 2 rings (SSSR count). The lowest BCUT2D eigenvalue weighted by atomic mass is 9.98. The first-order valence-corrected chi connectivity index (χ1v) is 7.38. The Bertz CT molecular complexity index is 681. The van der Waals surface area contributed by atoms with Gasteiger partial charge in [0, 0.05) is 6.08 Å². The van der Waals surface area contributed by atoms with Crippen LogP contribution in [0.3, 0.4) is 0 Å². The fourth-order valence-electron chi connectivity index (χ4n) is 2.28. The number of aliphatic hydroxyl groups excluding tert-OH is 1. The minimum Gasteiger partial charge on any atom is -0.463 e. The molecule has 0 bridgehead atoms. The van der Waals surface area contributed by atoms with Crippen molar-refractivity contribution in [2.75, 3.05) is 6.61 Å². The highest BCUT2D eigenvalue weighted by molar-refractivity contribution is 5.86. The maximum absolute atomic E-state index is 11.1. The van der Waals surface area contributed by atoms with Crippen LogP contribution in [0, 0.1) is 0 Å². The molecular weight excluding hydrogens is 276 g/mol. The van der Waals surface area contributed by atoms with Crippen molar-refractivity contribution in [2.45, 2.75) is 19.4 Å². The summed E-state index contributed by atoms with van der Waals surface area (Å²) in [5.41, 5.74) is 0.914. The largest absolute Gasteiger partial charge is 0.463 e. The maximum atomic E-state index is 11.1. The van der Waals surface area contributed by atoms with Crippen LogP contribution >= 0.6 is 0 Å². The van der Waals surface area contributed by atoms with E-state index in [2.05, 4.69) is 0 Å². The van der Waals surface area contributed by atoms with Crippen molar-refractivity contribution in [3.8, 4) is 0 Å². The van der Waals surface area contributed by atoms with Gasteiger partial charge in [-0.3, -0.25) is 0 Å². The van der Waals surface area contributed by atoms with Crippen LogP contribution in [0.25, 0.3) is 10.8 Å². The molecule has 0 saturated carbocycles. The maximum Gasteiger partial charge on any atom is 0.330 e. The van der Waals surface area contributed by atoms with Crippen molar-refractivity contribution in [1.82, 2.24) is 0 Å². The van der Waals surface area contributed by atoms with Crippen molar-refractivity contribution >= 4 is 16.7 Å². The summed E-state index contributed by atoms with van der Waals surface area (Å²) >= 11 is 0. The average molecular weight is 296 g/mol. The first kappa shape index (κ1) is 16.0. The Morgan fingerprint density at radius 3 is 2.77 bits per heavy atom. The quantitative estimate of drug-likeness (QED) is 0.499. The van der Waals surface area contributed by atoms with Crippen molar-refractivity contribution < 1.29 is 14.6 Å². The van der Waals surface area contributed by atoms with Gasteiger partial charge < -0.3 is 9.84 Å². The molecule has 0 fully saturated rings. The molecule has 0 amide bonds. The number of allylic oxidation sites excluding steroid dienone is 2. The van der Waals surface area contributed by atoms with Crippen LogP contribution in [0.2, 0.25) is 0 Å². The number of esters is 1. The third kappa shape index (κ3) is 4.30. The van der Waals surface area contributed by atoms with Crippen LogP contribution < -0.4 is 0 Å². The summed E-state index contributed by atoms with van der Waals surface area (Å²) in [4.78, 5) is 11.1. The van der Waals surface area contributed by atoms with Gasteiger partial charge in [-0.1, -0.05) is 60.7 Å². The van der Waals surface area contributed by atoms with Gasteiger partial charge in [-0.05, 0) is 29.7 Å². The molecule has 3 nitrogen and oxygen atoms in total. The predicted octanol–water partition coefficient (Wildman–Crippen LogP) is 3.94. The van der Waals surface area contributed by atoms with Gasteiger partial charge in [0.1, 0.15) is 0 Å². The second kappa shape index (κ2) is 8.15. The van der Waals surface area contributed by atoms with Crippen LogP contribution in [-0.4, -0.2) is 17.7 Å². The van der Waals surface area contributed by atoms with Gasteiger partial charge in [0.05, 0.1) is 12.7 Å². The molecule has 1 atom stereocenters. The number of carbonyl (C=O) groups excluding carboxylic acids is 1. The first-order valence-electron chi connectivity index (χ1n) is 7.38. The Hall–Kier alpha value is -2.39. The van der Waals surface area contributed by atoms with Crippen LogP contribution in [0.4, 0.5) is 0 Å². The lowest BCUT2D eigenvalue weighted by Crippen LogP contribution is -1.98. The molecule has 0 aliphatic rings. The Kier molecular flexibility index (Phi) is 5.92. The number of carbonyl (C=O) groups is 1. The number of hydrogen-bond acceptors (Lipinski definition) is 3. The summed E-state index contributed by atoms with van der Waals surface area (Å²) in [6, 6.07) is 13.9. The predicted molar refractivity (Wildman–Crippen MR) is 88.4 cm³/mol. The van der Waals surface area contributed by atoms with Crippen molar-refractivity contribution in [1.29, 1.82) is 0 Å². The fourth-order valence-corrected chi connectivity index (χ4v) is 2.28. The Morgan fingerprint density at radius 2 is 1.95 bits per heavy atom. The minimum atomic E-state index is -0.571. The molecular formula is C19H20O3. The van der Waals surface area contributed by atoms with Crippen LogP contribution in [0.5, 0.6) is 0 Å². The summed E-state index contributed by atoms with van der Waals surface area (Å²) in [6.45, 7) is 2.13. The lowest BCUT2D eigenvalue weighted by molar-refractivity contribution is -0.137. The van der Waals surface area contributed by atoms with E-state index in [1.54, 1.807) is 19.1 Å². The second-order valence-corrected chi connectivity index (χ2v) is 4.86. The molecule has 1 unspecified atom stereocenters. The molecule has 0 aliphatic carbocycles. The zero-order valence-electron chi connectivity index (χ0n) is 12.6. The van der Waals surface area contributed by atoms with Crippen LogP contribution in [0.1, 0.15) is 25.0 Å². The average Bonchev–Trinajstić information content (AvgIpc) is 2.54. The summed E-state index contributed by atoms with van der Waals surface area (Å²) in [5.74, 6) is -0.359. The molecule has 114 valence electrons. The van der Waals surface area contributed by atoms with E-state index in [0.717, 1.165) is 16.3 Å². The van der Waals surface area contributed by atoms with E-state index in [4.69, 9.17) is 4.74 Å². The SMILES string of the molecule is CCOC(=O)/C=C/C=C/CC(O)c1cccc2ccccc12. The van der Waals surface area contributed by atoms with Gasteiger partial charge in [-0.15, -0.1) is 0 Å². The van der Waals surface area contributed by atoms with Gasteiger partial charge in [-0.2, -0.15) is 0 Å². The highest BCUT2D eigenvalue weighted by Crippen LogP contribution is 2.26. The van der Waals surface area contributed by atoms with Crippen molar-refractivity contribution in [2.24, 2.45) is 0 Å². The monoisotopic (exact) mass is 296 g/mol. The zero-order valence-corrected chi connectivity index (χ0v) is 12.6. The van der Waals surface area contributed by atoms with Crippen LogP contribution in [0.15, 0.2) is 66.8 Å². The van der Waals surface area contributed by atoms with Crippen LogP contribution in [-0.2, 0) is 9.53 Å². The molecule has 0 heterocycles. The standard InChI is InChI=1S/C19H20O3/c1-2-22-19(21)14-5-3-4-13-18(20)17-12-8-10-15-9-6-7-11-16(15)17/h3-12,14,18,20H,2,13H2,1H3/b4-3+,14-5+. The molecule has 3 heteroatoms. The summed E-state index contributed by atoms with van der Waals surface area (Å²) in [7, 11) is 0. The van der Waals surface area contributed by atoms with E-state index >= 15 is 0 Å². The normalized spacial score (nSPS) is 13.0. The summed E-state index contributed by atoms with van der Waals surface area (Å²) < 4.78 is 4.78. The van der Waals surface area contributed by atoms with Crippen molar-refractivity contribution in [3.05, 3.63) is 72.3 Å². The number of fused-ring (bicyclic) bond motifs is 1. The summed E-state index contributed by atoms with van der Waals surface area (Å²) in [5, 5.41) is 12.5. The molecule has 0 saturated heterocycles. The molecule has 2 aromatic rings. The Balaban J connectivity index is 2.00. The molecule has 0 radical (unpaired) electrons. The van der Waals surface area contributed by atoms with Gasteiger partial charge in [0.2, 0.25) is 0 Å². The topological polar surface area (TPSA) is 46.5 Å². The fraction of sp³-hybridized carbons (Fsp3) is 0.211. The van der Waals surface area contributed by atoms with Gasteiger partial charge in [-0.25, -0.2) is 4.79 Å². The van der Waals surface area contributed by atoms with E-state index < -0.39 is 6.10 Å². The van der Waals surface area contributed by atoms with Gasteiger partial charge >= 0.3 is 5.97 Å². The summed E-state index contributed by atoms with van der Waals surface area (Å²) in [6.07, 6.45) is 6.48. The first-order chi connectivity index (χ1) is 10.7. The molecule has 1 N–H and O–H groups in total. The minimum absolute atomic E-state index is 0.359. The number of rotatable bonds is 6. The third-order valence-corrected chi connectivity index (χ3v) is 3.31. The van der Waals surface area contributed by atoms with Crippen molar-refractivity contribution in [3.63, 3.8) is 0 Å². The smallest absolute Gasteiger partial charge is 0.330 e. The Labute approximate surface area is 130 Å². The number of aliphatic hydroxyl groups is 1. The number of ether oxygens (including phenoxy) is 1. The van der Waals surface area contributed by atoms with Gasteiger partial charge in [0.25, 0.3) is 0 Å². The van der Waals surface area contributed by atoms with Gasteiger partial charge in [0.15, 0.2) is 0 Å². The van der Waals surface area contributed by atoms with E-state index in [-0.39, 0.29) is 5.97 Å². The molecule has 0 aromatic heterocycles. The van der Waals surface area contributed by atoms with E-state index in [1.807, 2.05) is 48.5 Å². The molecule has 2 aromatic carbocycles. The molecule has 0 spiro atoms. The third-order valence-electron chi connectivity index (χ3n) is 3.31. The molecule has 22 heavy (non-hydrogen) atoms. The second-order valence-electron chi connectivity index (χ2n) is 4.86. The highest BCUT2D eigenvalue weighted by atomic mass is 16.5. The highest BCUT2D eigenvalue weighted by Gasteiger charge is 2.08. The van der Waals surface area contributed by atoms with E-state index in [0.29, 0.717) is 13.0 Å².